The van der Waals surface area contributed by atoms with Crippen LogP contribution in [0.1, 0.15) is 54.1 Å². The Bertz CT molecular complexity index is 1290. The van der Waals surface area contributed by atoms with Crippen LogP contribution in [0.3, 0.4) is 0 Å². The summed E-state index contributed by atoms with van der Waals surface area (Å²) in [7, 11) is 0. The predicted molar refractivity (Wildman–Crippen MR) is 126 cm³/mol. The van der Waals surface area contributed by atoms with Gasteiger partial charge in [0, 0.05) is 11.4 Å². The first kappa shape index (κ1) is 23.2. The summed E-state index contributed by atoms with van der Waals surface area (Å²) >= 11 is 0. The summed E-state index contributed by atoms with van der Waals surface area (Å²) < 4.78 is 20.4. The molecule has 8 nitrogen and oxygen atoms in total. The lowest BCUT2D eigenvalue weighted by Crippen LogP contribution is -2.31. The highest BCUT2D eigenvalue weighted by molar-refractivity contribution is 6.06. The quantitative estimate of drug-likeness (QED) is 0.540. The molecule has 0 aliphatic carbocycles. The first-order chi connectivity index (χ1) is 16.1. The maximum atomic E-state index is 13.7. The second kappa shape index (κ2) is 9.09. The zero-order chi connectivity index (χ0) is 24.6. The molecular formula is C25H26FN5O3. The van der Waals surface area contributed by atoms with Crippen LogP contribution in [0, 0.1) is 19.7 Å². The van der Waals surface area contributed by atoms with E-state index in [2.05, 4.69) is 20.7 Å². The Balaban J connectivity index is 1.77. The summed E-state index contributed by atoms with van der Waals surface area (Å²) in [6, 6.07) is 10.8. The van der Waals surface area contributed by atoms with Gasteiger partial charge in [-0.1, -0.05) is 29.8 Å². The van der Waals surface area contributed by atoms with Crippen LogP contribution in [0.2, 0.25) is 0 Å². The van der Waals surface area contributed by atoms with Crippen molar-refractivity contribution in [3.8, 4) is 0 Å². The van der Waals surface area contributed by atoms with Crippen LogP contribution in [0.5, 0.6) is 0 Å². The van der Waals surface area contributed by atoms with E-state index < -0.39 is 17.8 Å². The number of aryl methyl sites for hydroxylation is 2. The summed E-state index contributed by atoms with van der Waals surface area (Å²) in [5.41, 5.74) is 4.21. The van der Waals surface area contributed by atoms with Crippen LogP contribution in [-0.2, 0) is 9.53 Å². The maximum absolute atomic E-state index is 13.7. The number of ether oxygens (including phenoxy) is 1. The molecule has 1 unspecified atom stereocenters. The van der Waals surface area contributed by atoms with Gasteiger partial charge in [0.1, 0.15) is 11.9 Å². The lowest BCUT2D eigenvalue weighted by molar-refractivity contribution is -0.113. The van der Waals surface area contributed by atoms with Crippen molar-refractivity contribution >= 4 is 23.5 Å². The van der Waals surface area contributed by atoms with Crippen molar-refractivity contribution in [1.82, 2.24) is 14.8 Å². The fraction of sp³-hybridized carbons (Fsp3) is 0.280. The van der Waals surface area contributed by atoms with Crippen molar-refractivity contribution in [2.45, 2.75) is 46.8 Å². The van der Waals surface area contributed by atoms with Crippen LogP contribution in [0.25, 0.3) is 0 Å². The monoisotopic (exact) mass is 463 g/mol. The molecule has 9 heteroatoms. The minimum atomic E-state index is -0.740. The number of halogens is 1. The standard InChI is InChI=1S/C25H26FN5O3/c1-13(2)34-24(33)22-29-25-27-16(5)20(23(32)28-19-11-6-14(3)12-15(19)4)21(31(25)30-22)17-7-9-18(26)10-8-17/h6-13,21H,1-5H3,(H,28,32)(H,27,29,30). The fourth-order valence-corrected chi connectivity index (χ4v) is 3.90. The van der Waals surface area contributed by atoms with Gasteiger partial charge < -0.3 is 15.4 Å². The minimum absolute atomic E-state index is 0.132. The molecule has 0 saturated heterocycles. The van der Waals surface area contributed by atoms with Crippen LogP contribution in [0.4, 0.5) is 16.0 Å². The number of anilines is 2. The third-order valence-electron chi connectivity index (χ3n) is 5.44. The molecule has 34 heavy (non-hydrogen) atoms. The molecule has 176 valence electrons. The number of benzene rings is 2. The van der Waals surface area contributed by atoms with Gasteiger partial charge in [0.15, 0.2) is 0 Å². The number of aromatic nitrogens is 3. The highest BCUT2D eigenvalue weighted by atomic mass is 19.1. The number of nitrogens with zero attached hydrogens (tertiary/aromatic N) is 3. The largest absolute Gasteiger partial charge is 0.457 e. The molecule has 1 aliphatic rings. The van der Waals surface area contributed by atoms with E-state index in [1.54, 1.807) is 32.9 Å². The van der Waals surface area contributed by atoms with Crippen molar-refractivity contribution in [3.63, 3.8) is 0 Å². The molecular weight excluding hydrogens is 437 g/mol. The van der Waals surface area contributed by atoms with E-state index in [0.29, 0.717) is 22.5 Å². The molecule has 1 aromatic heterocycles. The molecule has 0 fully saturated rings. The number of fused-ring (bicyclic) bond motifs is 1. The molecule has 0 spiro atoms. The summed E-state index contributed by atoms with van der Waals surface area (Å²) in [5, 5.41) is 10.4. The normalized spacial score (nSPS) is 15.1. The highest BCUT2D eigenvalue weighted by Gasteiger charge is 2.35. The Morgan fingerprint density at radius 3 is 2.47 bits per heavy atom. The number of hydrogen-bond donors (Lipinski definition) is 2. The Hall–Kier alpha value is -4.01. The average Bonchev–Trinajstić information content (AvgIpc) is 3.18. The zero-order valence-corrected chi connectivity index (χ0v) is 19.6. The number of allylic oxidation sites excluding steroid dienone is 1. The van der Waals surface area contributed by atoms with Crippen LogP contribution >= 0.6 is 0 Å². The van der Waals surface area contributed by atoms with Crippen LogP contribution < -0.4 is 10.6 Å². The smallest absolute Gasteiger partial charge is 0.378 e. The lowest BCUT2D eigenvalue weighted by Gasteiger charge is -2.28. The van der Waals surface area contributed by atoms with Crippen LogP contribution in [0.15, 0.2) is 53.7 Å². The van der Waals surface area contributed by atoms with E-state index in [9.17, 15) is 14.0 Å². The Morgan fingerprint density at radius 1 is 1.12 bits per heavy atom. The van der Waals surface area contributed by atoms with Gasteiger partial charge in [-0.3, -0.25) is 4.79 Å². The van der Waals surface area contributed by atoms with Gasteiger partial charge in [-0.15, -0.1) is 5.10 Å². The van der Waals surface area contributed by atoms with Crippen molar-refractivity contribution in [1.29, 1.82) is 0 Å². The summed E-state index contributed by atoms with van der Waals surface area (Å²) in [4.78, 5) is 30.2. The third kappa shape index (κ3) is 4.54. The molecule has 3 aromatic rings. The molecule has 2 heterocycles. The number of nitrogens with one attached hydrogen (secondary N) is 2. The fourth-order valence-electron chi connectivity index (χ4n) is 3.90. The third-order valence-corrected chi connectivity index (χ3v) is 5.44. The molecule has 0 bridgehead atoms. The second-order valence-corrected chi connectivity index (χ2v) is 8.55. The Labute approximate surface area is 196 Å². The number of hydrogen-bond acceptors (Lipinski definition) is 6. The molecule has 0 radical (unpaired) electrons. The minimum Gasteiger partial charge on any atom is -0.457 e. The molecule has 4 rings (SSSR count). The first-order valence-corrected chi connectivity index (χ1v) is 10.9. The van der Waals surface area contributed by atoms with Crippen molar-refractivity contribution in [3.05, 3.63) is 82.1 Å². The number of carbonyl (C=O) groups excluding carboxylic acids is 2. The summed E-state index contributed by atoms with van der Waals surface area (Å²) in [6.07, 6.45) is -0.340. The SMILES string of the molecule is CC1=C(C(=O)Nc2ccc(C)cc2C)C(c2ccc(F)cc2)n2nc(C(=O)OC(C)C)nc2N1. The van der Waals surface area contributed by atoms with E-state index in [1.807, 2.05) is 32.0 Å². The van der Waals surface area contributed by atoms with Gasteiger partial charge in [0.05, 0.1) is 11.7 Å². The van der Waals surface area contributed by atoms with E-state index in [4.69, 9.17) is 4.74 Å². The van der Waals surface area contributed by atoms with Crippen molar-refractivity contribution in [2.75, 3.05) is 10.6 Å². The van der Waals surface area contributed by atoms with Gasteiger partial charge >= 0.3 is 5.97 Å². The van der Waals surface area contributed by atoms with Crippen LogP contribution in [-0.4, -0.2) is 32.7 Å². The average molecular weight is 464 g/mol. The molecule has 2 N–H and O–H groups in total. The predicted octanol–water partition coefficient (Wildman–Crippen LogP) is 4.53. The van der Waals surface area contributed by atoms with Gasteiger partial charge in [-0.2, -0.15) is 4.98 Å². The molecule has 2 aromatic carbocycles. The number of rotatable bonds is 5. The van der Waals surface area contributed by atoms with E-state index >= 15 is 0 Å². The maximum Gasteiger partial charge on any atom is 0.378 e. The number of carbonyl (C=O) groups is 2. The number of esters is 1. The Morgan fingerprint density at radius 2 is 1.82 bits per heavy atom. The van der Waals surface area contributed by atoms with Gasteiger partial charge in [0.2, 0.25) is 5.95 Å². The lowest BCUT2D eigenvalue weighted by atomic mass is 9.95. The number of amides is 1. The van der Waals surface area contributed by atoms with Gasteiger partial charge in [-0.25, -0.2) is 13.9 Å². The summed E-state index contributed by atoms with van der Waals surface area (Å²) in [6.45, 7) is 9.11. The summed E-state index contributed by atoms with van der Waals surface area (Å²) in [5.74, 6) is -1.27. The topological polar surface area (TPSA) is 98.1 Å². The highest BCUT2D eigenvalue weighted by Crippen LogP contribution is 2.36. The zero-order valence-electron chi connectivity index (χ0n) is 19.6. The van der Waals surface area contributed by atoms with E-state index in [-0.39, 0.29) is 23.8 Å². The molecule has 1 aliphatic heterocycles. The Kier molecular flexibility index (Phi) is 6.19. The molecule has 1 atom stereocenters. The first-order valence-electron chi connectivity index (χ1n) is 10.9. The van der Waals surface area contributed by atoms with Gasteiger partial charge in [-0.05, 0) is 63.9 Å². The van der Waals surface area contributed by atoms with Crippen molar-refractivity contribution < 1.29 is 18.7 Å². The van der Waals surface area contributed by atoms with E-state index in [1.165, 1.54) is 16.8 Å². The van der Waals surface area contributed by atoms with E-state index in [0.717, 1.165) is 11.1 Å². The second-order valence-electron chi connectivity index (χ2n) is 8.55. The molecule has 0 saturated carbocycles. The molecule has 1 amide bonds. The van der Waals surface area contributed by atoms with Gasteiger partial charge in [0.25, 0.3) is 11.7 Å². The van der Waals surface area contributed by atoms with Crippen molar-refractivity contribution in [2.24, 2.45) is 0 Å².